The molecule has 4 fully saturated rings. The summed E-state index contributed by atoms with van der Waals surface area (Å²) in [4.78, 5) is 26.6. The number of anilines is 1. The molecule has 0 unspecified atom stereocenters. The van der Waals surface area contributed by atoms with Gasteiger partial charge in [-0.05, 0) is 99.8 Å². The van der Waals surface area contributed by atoms with Crippen LogP contribution in [-0.4, -0.2) is 43.0 Å². The highest BCUT2D eigenvalue weighted by atomic mass is 32.2. The Morgan fingerprint density at radius 1 is 1.00 bits per heavy atom. The number of urea groups is 1. The zero-order chi connectivity index (χ0) is 26.2. The summed E-state index contributed by atoms with van der Waals surface area (Å²) in [6, 6.07) is 8.19. The van der Waals surface area contributed by atoms with Crippen molar-refractivity contribution in [3.63, 3.8) is 0 Å². The molecule has 0 spiro atoms. The summed E-state index contributed by atoms with van der Waals surface area (Å²) in [6.45, 7) is 4.13. The zero-order valence-corrected chi connectivity index (χ0v) is 22.1. The van der Waals surface area contributed by atoms with E-state index in [1.165, 1.54) is 44.2 Å². The lowest BCUT2D eigenvalue weighted by atomic mass is 9.54. The number of aliphatic imine (C=N–C) groups is 1. The van der Waals surface area contributed by atoms with Crippen molar-refractivity contribution >= 4 is 28.0 Å². The largest absolute Gasteiger partial charge is 0.335 e. The number of aromatic nitrogens is 2. The van der Waals surface area contributed by atoms with Crippen LogP contribution in [0.4, 0.5) is 10.7 Å². The van der Waals surface area contributed by atoms with Crippen LogP contribution in [0, 0.1) is 37.5 Å². The SMILES string of the molecule is Cc1cc(C)nc(NC(=NCCc2ccc(S(N)(=O)=O)cc2)NC(=O)NC2C3CC4CC(C3)CC2C4)n1. The monoisotopic (exact) mass is 525 g/mol. The molecule has 198 valence electrons. The molecule has 10 nitrogen and oxygen atoms in total. The van der Waals surface area contributed by atoms with E-state index in [0.717, 1.165) is 28.8 Å². The van der Waals surface area contributed by atoms with Gasteiger partial charge < -0.3 is 5.32 Å². The molecule has 37 heavy (non-hydrogen) atoms. The Morgan fingerprint density at radius 3 is 2.16 bits per heavy atom. The molecule has 4 aliphatic carbocycles. The number of benzene rings is 1. The van der Waals surface area contributed by atoms with Gasteiger partial charge in [0, 0.05) is 24.0 Å². The number of nitrogens with two attached hydrogens (primary N) is 1. The summed E-state index contributed by atoms with van der Waals surface area (Å²) in [5.74, 6) is 3.44. The van der Waals surface area contributed by atoms with Crippen LogP contribution in [0.1, 0.15) is 49.1 Å². The van der Waals surface area contributed by atoms with Crippen molar-refractivity contribution in [1.29, 1.82) is 0 Å². The molecule has 2 aromatic rings. The molecule has 4 saturated carbocycles. The number of hydrogen-bond acceptors (Lipinski definition) is 6. The number of nitrogens with one attached hydrogen (secondary N) is 3. The second kappa shape index (κ2) is 10.4. The molecule has 0 saturated heterocycles. The predicted octanol–water partition coefficient (Wildman–Crippen LogP) is 2.88. The number of guanidine groups is 1. The van der Waals surface area contributed by atoms with E-state index < -0.39 is 10.0 Å². The molecule has 1 aromatic carbocycles. The van der Waals surface area contributed by atoms with Crippen molar-refractivity contribution in [2.45, 2.75) is 63.3 Å². The summed E-state index contributed by atoms with van der Waals surface area (Å²) >= 11 is 0. The summed E-state index contributed by atoms with van der Waals surface area (Å²) < 4.78 is 23.0. The van der Waals surface area contributed by atoms with Crippen molar-refractivity contribution < 1.29 is 13.2 Å². The number of primary sulfonamides is 1. The summed E-state index contributed by atoms with van der Waals surface area (Å²) in [5.41, 5.74) is 2.51. The zero-order valence-electron chi connectivity index (χ0n) is 21.3. The Hall–Kier alpha value is -3.05. The average molecular weight is 526 g/mol. The second-order valence-corrected chi connectivity index (χ2v) is 12.4. The molecule has 2 amide bonds. The minimum absolute atomic E-state index is 0.0668. The topological polar surface area (TPSA) is 151 Å². The van der Waals surface area contributed by atoms with Gasteiger partial charge in [-0.2, -0.15) is 0 Å². The van der Waals surface area contributed by atoms with Crippen molar-refractivity contribution in [2.24, 2.45) is 33.8 Å². The van der Waals surface area contributed by atoms with Crippen LogP contribution in [0.3, 0.4) is 0 Å². The Balaban J connectivity index is 1.26. The molecule has 0 radical (unpaired) electrons. The maximum atomic E-state index is 13.1. The number of rotatable bonds is 6. The van der Waals surface area contributed by atoms with Gasteiger partial charge in [0.2, 0.25) is 21.9 Å². The Morgan fingerprint density at radius 2 is 1.59 bits per heavy atom. The van der Waals surface area contributed by atoms with Gasteiger partial charge in [-0.15, -0.1) is 0 Å². The third kappa shape index (κ3) is 6.27. The average Bonchev–Trinajstić information content (AvgIpc) is 2.80. The molecule has 6 rings (SSSR count). The molecular formula is C26H35N7O3S. The molecular weight excluding hydrogens is 490 g/mol. The van der Waals surface area contributed by atoms with Gasteiger partial charge in [-0.25, -0.2) is 28.3 Å². The fourth-order valence-corrected chi connectivity index (χ4v) is 7.11. The van der Waals surface area contributed by atoms with E-state index in [-0.39, 0.29) is 22.9 Å². The molecule has 0 aliphatic heterocycles. The third-order valence-electron chi connectivity index (χ3n) is 7.89. The van der Waals surface area contributed by atoms with E-state index >= 15 is 0 Å². The molecule has 4 aliphatic rings. The second-order valence-electron chi connectivity index (χ2n) is 10.8. The van der Waals surface area contributed by atoms with Gasteiger partial charge in [0.1, 0.15) is 0 Å². The fourth-order valence-electron chi connectivity index (χ4n) is 6.60. The van der Waals surface area contributed by atoms with Crippen molar-refractivity contribution in [3.8, 4) is 0 Å². The Labute approximate surface area is 218 Å². The Kier molecular flexibility index (Phi) is 7.17. The molecule has 11 heteroatoms. The lowest BCUT2D eigenvalue weighted by Gasteiger charge is -2.54. The highest BCUT2D eigenvalue weighted by molar-refractivity contribution is 7.89. The van der Waals surface area contributed by atoms with E-state index in [1.54, 1.807) is 12.1 Å². The Bertz CT molecular complexity index is 1250. The lowest BCUT2D eigenvalue weighted by molar-refractivity contribution is -0.00922. The van der Waals surface area contributed by atoms with Gasteiger partial charge >= 0.3 is 6.03 Å². The van der Waals surface area contributed by atoms with Crippen LogP contribution in [0.2, 0.25) is 0 Å². The van der Waals surface area contributed by atoms with Crippen molar-refractivity contribution in [2.75, 3.05) is 11.9 Å². The van der Waals surface area contributed by atoms with Crippen molar-refractivity contribution in [3.05, 3.63) is 47.3 Å². The van der Waals surface area contributed by atoms with Crippen LogP contribution in [0.15, 0.2) is 40.2 Å². The van der Waals surface area contributed by atoms with Crippen LogP contribution < -0.4 is 21.1 Å². The first-order valence-corrected chi connectivity index (χ1v) is 14.5. The van der Waals surface area contributed by atoms with Crippen LogP contribution in [0.5, 0.6) is 0 Å². The number of sulfonamides is 1. The maximum Gasteiger partial charge on any atom is 0.321 e. The summed E-state index contributed by atoms with van der Waals surface area (Å²) in [5, 5.41) is 14.4. The third-order valence-corrected chi connectivity index (χ3v) is 8.82. The smallest absolute Gasteiger partial charge is 0.321 e. The number of hydrogen-bond donors (Lipinski definition) is 4. The van der Waals surface area contributed by atoms with E-state index in [9.17, 15) is 13.2 Å². The van der Waals surface area contributed by atoms with Gasteiger partial charge in [-0.1, -0.05) is 12.1 Å². The van der Waals surface area contributed by atoms with E-state index in [4.69, 9.17) is 5.14 Å². The minimum atomic E-state index is -3.73. The van der Waals surface area contributed by atoms with Gasteiger partial charge in [0.05, 0.1) is 4.90 Å². The molecule has 4 bridgehead atoms. The fraction of sp³-hybridized carbons (Fsp3) is 0.538. The normalized spacial score (nSPS) is 26.7. The number of carbonyl (C=O) groups is 1. The van der Waals surface area contributed by atoms with E-state index in [2.05, 4.69) is 30.9 Å². The molecule has 1 aromatic heterocycles. The van der Waals surface area contributed by atoms with Gasteiger partial charge in [-0.3, -0.25) is 15.6 Å². The van der Waals surface area contributed by atoms with E-state index in [0.29, 0.717) is 30.7 Å². The minimum Gasteiger partial charge on any atom is -0.335 e. The predicted molar refractivity (Wildman–Crippen MR) is 141 cm³/mol. The molecule has 1 heterocycles. The highest BCUT2D eigenvalue weighted by Gasteiger charge is 2.48. The van der Waals surface area contributed by atoms with Crippen LogP contribution >= 0.6 is 0 Å². The lowest BCUT2D eigenvalue weighted by Crippen LogP contribution is -2.58. The van der Waals surface area contributed by atoms with Crippen LogP contribution in [-0.2, 0) is 16.4 Å². The number of aryl methyl sites for hydroxylation is 2. The van der Waals surface area contributed by atoms with E-state index in [1.807, 2.05) is 19.9 Å². The van der Waals surface area contributed by atoms with Crippen molar-refractivity contribution in [1.82, 2.24) is 20.6 Å². The number of carbonyl (C=O) groups excluding carboxylic acids is 1. The summed E-state index contributed by atoms with van der Waals surface area (Å²) in [7, 11) is -3.73. The van der Waals surface area contributed by atoms with Gasteiger partial charge in [0.25, 0.3) is 0 Å². The standard InChI is InChI=1S/C26H35N7O3S/c1-15-9-16(2)30-25(29-15)32-24(28-8-7-17-3-5-22(6-4-17)37(27,35)36)33-26(34)31-23-20-11-18-10-19(13-20)14-21(23)12-18/h3-6,9,18-21,23H,7-8,10-14H2,1-2H3,(H2,27,35,36)(H3,28,29,30,31,32,33,34). The van der Waals surface area contributed by atoms with Crippen LogP contribution in [0.25, 0.3) is 0 Å². The first-order chi connectivity index (χ1) is 17.6. The maximum absolute atomic E-state index is 13.1. The molecule has 0 atom stereocenters. The summed E-state index contributed by atoms with van der Waals surface area (Å²) in [6.07, 6.45) is 6.79. The first kappa shape index (κ1) is 25.6. The van der Waals surface area contributed by atoms with Gasteiger partial charge in [0.15, 0.2) is 0 Å². The number of amides is 2. The molecule has 5 N–H and O–H groups in total. The first-order valence-electron chi connectivity index (χ1n) is 13.0. The quantitative estimate of drug-likeness (QED) is 0.336. The number of nitrogens with zero attached hydrogens (tertiary/aromatic N) is 3. The highest BCUT2D eigenvalue weighted by Crippen LogP contribution is 2.53.